The molecule has 0 saturated carbocycles. The minimum atomic E-state index is 0.178. The van der Waals surface area contributed by atoms with E-state index in [0.717, 1.165) is 18.5 Å². The molecule has 0 aliphatic rings. The Morgan fingerprint density at radius 1 is 1.11 bits per heavy atom. The number of aromatic nitrogens is 2. The van der Waals surface area contributed by atoms with Crippen LogP contribution in [-0.4, -0.2) is 15.6 Å². The summed E-state index contributed by atoms with van der Waals surface area (Å²) in [7, 11) is 0. The number of carbonyl (C=O) groups excluding carboxylic acids is 1. The number of carbonyl (C=O) groups is 1. The molecule has 0 unspecified atom stereocenters. The van der Waals surface area contributed by atoms with Crippen LogP contribution in [-0.2, 0) is 0 Å². The van der Waals surface area contributed by atoms with Crippen molar-refractivity contribution in [3.8, 4) is 5.69 Å². The topological polar surface area (TPSA) is 34.9 Å². The van der Waals surface area contributed by atoms with E-state index in [1.54, 1.807) is 16.9 Å². The number of ketones is 1. The van der Waals surface area contributed by atoms with E-state index in [0.29, 0.717) is 12.1 Å². The maximum absolute atomic E-state index is 12.2. The summed E-state index contributed by atoms with van der Waals surface area (Å²) in [5, 5.41) is 4.25. The normalized spacial score (nSPS) is 10.6. The van der Waals surface area contributed by atoms with Crippen LogP contribution in [0.4, 0.5) is 0 Å². The van der Waals surface area contributed by atoms with E-state index in [1.165, 1.54) is 12.8 Å². The number of unbranched alkanes of at least 4 members (excludes halogenated alkanes) is 3. The second kappa shape index (κ2) is 6.88. The van der Waals surface area contributed by atoms with Gasteiger partial charge in [0.1, 0.15) is 5.69 Å². The molecule has 3 heteroatoms. The SMILES string of the molecule is CCCCCCC(=O)c1ccnn1-c1ccccc1. The average Bonchev–Trinajstić information content (AvgIpc) is 2.94. The Kier molecular flexibility index (Phi) is 4.90. The standard InChI is InChI=1S/C16H20N2O/c1-2-3-4-8-11-16(19)15-12-13-17-18(15)14-9-6-5-7-10-14/h5-7,9-10,12-13H,2-4,8,11H2,1H3. The molecule has 0 aliphatic heterocycles. The molecule has 1 heterocycles. The van der Waals surface area contributed by atoms with Gasteiger partial charge >= 0.3 is 0 Å². The highest BCUT2D eigenvalue weighted by Gasteiger charge is 2.12. The third kappa shape index (κ3) is 3.53. The van der Waals surface area contributed by atoms with E-state index in [2.05, 4.69) is 12.0 Å². The van der Waals surface area contributed by atoms with Crippen LogP contribution < -0.4 is 0 Å². The summed E-state index contributed by atoms with van der Waals surface area (Å²) in [5.41, 5.74) is 1.62. The first-order chi connectivity index (χ1) is 9.33. The van der Waals surface area contributed by atoms with Crippen molar-refractivity contribution in [1.82, 2.24) is 9.78 Å². The first kappa shape index (κ1) is 13.5. The second-order valence-electron chi connectivity index (χ2n) is 4.70. The largest absolute Gasteiger partial charge is 0.292 e. The Balaban J connectivity index is 2.05. The lowest BCUT2D eigenvalue weighted by molar-refractivity contribution is 0.0971. The number of rotatable bonds is 7. The third-order valence-corrected chi connectivity index (χ3v) is 3.19. The summed E-state index contributed by atoms with van der Waals surface area (Å²) in [6, 6.07) is 11.6. The number of para-hydroxylation sites is 1. The van der Waals surface area contributed by atoms with Crippen LogP contribution in [0.5, 0.6) is 0 Å². The molecule has 0 amide bonds. The summed E-state index contributed by atoms with van der Waals surface area (Å²) in [4.78, 5) is 12.2. The molecule has 1 aromatic carbocycles. The van der Waals surface area contributed by atoms with Crippen LogP contribution in [0.15, 0.2) is 42.6 Å². The Morgan fingerprint density at radius 3 is 2.63 bits per heavy atom. The van der Waals surface area contributed by atoms with Gasteiger partial charge in [-0.15, -0.1) is 0 Å². The van der Waals surface area contributed by atoms with Gasteiger partial charge in [0.2, 0.25) is 0 Å². The molecule has 0 saturated heterocycles. The van der Waals surface area contributed by atoms with Gasteiger partial charge < -0.3 is 0 Å². The predicted molar refractivity (Wildman–Crippen MR) is 76.7 cm³/mol. The van der Waals surface area contributed by atoms with Gasteiger partial charge in [0.15, 0.2) is 5.78 Å². The van der Waals surface area contributed by atoms with Crippen molar-refractivity contribution in [2.45, 2.75) is 39.0 Å². The third-order valence-electron chi connectivity index (χ3n) is 3.19. The molecule has 0 N–H and O–H groups in total. The van der Waals surface area contributed by atoms with Crippen LogP contribution in [0.25, 0.3) is 5.69 Å². The van der Waals surface area contributed by atoms with E-state index in [1.807, 2.05) is 30.3 Å². The van der Waals surface area contributed by atoms with Gasteiger partial charge in [0.05, 0.1) is 11.9 Å². The van der Waals surface area contributed by atoms with Crippen molar-refractivity contribution < 1.29 is 4.79 Å². The lowest BCUT2D eigenvalue weighted by Gasteiger charge is -2.06. The molecule has 0 aliphatic carbocycles. The summed E-state index contributed by atoms with van der Waals surface area (Å²) < 4.78 is 1.72. The molecule has 1 aromatic heterocycles. The maximum atomic E-state index is 12.2. The maximum Gasteiger partial charge on any atom is 0.181 e. The fourth-order valence-corrected chi connectivity index (χ4v) is 2.13. The van der Waals surface area contributed by atoms with Crippen molar-refractivity contribution in [1.29, 1.82) is 0 Å². The Morgan fingerprint density at radius 2 is 1.89 bits per heavy atom. The fourth-order valence-electron chi connectivity index (χ4n) is 2.13. The molecule has 19 heavy (non-hydrogen) atoms. The van der Waals surface area contributed by atoms with Crippen LogP contribution >= 0.6 is 0 Å². The average molecular weight is 256 g/mol. The number of benzene rings is 1. The zero-order valence-electron chi connectivity index (χ0n) is 11.4. The van der Waals surface area contributed by atoms with Crippen molar-refractivity contribution in [3.63, 3.8) is 0 Å². The first-order valence-electron chi connectivity index (χ1n) is 6.95. The zero-order valence-corrected chi connectivity index (χ0v) is 11.4. The smallest absolute Gasteiger partial charge is 0.181 e. The molecule has 3 nitrogen and oxygen atoms in total. The Hall–Kier alpha value is -1.90. The van der Waals surface area contributed by atoms with Crippen molar-refractivity contribution in [2.24, 2.45) is 0 Å². The Bertz CT molecular complexity index is 517. The molecule has 0 spiro atoms. The molecular formula is C16H20N2O. The molecule has 0 bridgehead atoms. The molecule has 2 aromatic rings. The second-order valence-corrected chi connectivity index (χ2v) is 4.70. The highest BCUT2D eigenvalue weighted by molar-refractivity contribution is 5.94. The van der Waals surface area contributed by atoms with E-state index in [4.69, 9.17) is 0 Å². The monoisotopic (exact) mass is 256 g/mol. The van der Waals surface area contributed by atoms with Gasteiger partial charge in [-0.1, -0.05) is 44.4 Å². The van der Waals surface area contributed by atoms with Crippen LogP contribution in [0.2, 0.25) is 0 Å². The predicted octanol–water partition coefficient (Wildman–Crippen LogP) is 4.03. The molecule has 0 fully saturated rings. The fraction of sp³-hybridized carbons (Fsp3) is 0.375. The minimum Gasteiger partial charge on any atom is -0.292 e. The van der Waals surface area contributed by atoms with Gasteiger partial charge in [-0.2, -0.15) is 5.10 Å². The van der Waals surface area contributed by atoms with E-state index < -0.39 is 0 Å². The lowest BCUT2D eigenvalue weighted by Crippen LogP contribution is -2.08. The number of nitrogens with zero attached hydrogens (tertiary/aromatic N) is 2. The molecule has 2 rings (SSSR count). The van der Waals surface area contributed by atoms with Gasteiger partial charge in [-0.25, -0.2) is 4.68 Å². The van der Waals surface area contributed by atoms with Crippen LogP contribution in [0.3, 0.4) is 0 Å². The van der Waals surface area contributed by atoms with Crippen molar-refractivity contribution in [2.75, 3.05) is 0 Å². The van der Waals surface area contributed by atoms with Crippen LogP contribution in [0, 0.1) is 0 Å². The quantitative estimate of drug-likeness (QED) is 0.554. The van der Waals surface area contributed by atoms with Gasteiger partial charge in [0.25, 0.3) is 0 Å². The highest BCUT2D eigenvalue weighted by Crippen LogP contribution is 2.13. The summed E-state index contributed by atoms with van der Waals surface area (Å²) >= 11 is 0. The summed E-state index contributed by atoms with van der Waals surface area (Å²) in [6.45, 7) is 2.17. The van der Waals surface area contributed by atoms with Gasteiger partial charge in [0, 0.05) is 6.42 Å². The zero-order chi connectivity index (χ0) is 13.5. The first-order valence-corrected chi connectivity index (χ1v) is 6.95. The van der Waals surface area contributed by atoms with Crippen molar-refractivity contribution >= 4 is 5.78 Å². The van der Waals surface area contributed by atoms with Crippen LogP contribution in [0.1, 0.15) is 49.5 Å². The highest BCUT2D eigenvalue weighted by atomic mass is 16.1. The van der Waals surface area contributed by atoms with Gasteiger partial charge in [-0.05, 0) is 24.6 Å². The van der Waals surface area contributed by atoms with Gasteiger partial charge in [-0.3, -0.25) is 4.79 Å². The molecule has 0 radical (unpaired) electrons. The van der Waals surface area contributed by atoms with E-state index >= 15 is 0 Å². The number of hydrogen-bond acceptors (Lipinski definition) is 2. The molecule has 0 atom stereocenters. The number of hydrogen-bond donors (Lipinski definition) is 0. The van der Waals surface area contributed by atoms with E-state index in [-0.39, 0.29) is 5.78 Å². The summed E-state index contributed by atoms with van der Waals surface area (Å²) in [6.07, 6.45) is 6.78. The molecule has 100 valence electrons. The van der Waals surface area contributed by atoms with E-state index in [9.17, 15) is 4.79 Å². The minimum absolute atomic E-state index is 0.178. The number of Topliss-reactive ketones (excluding diaryl/α,β-unsaturated/α-hetero) is 1. The Labute approximate surface area is 114 Å². The lowest BCUT2D eigenvalue weighted by atomic mass is 10.1. The molecular weight excluding hydrogens is 236 g/mol. The van der Waals surface area contributed by atoms with Crippen molar-refractivity contribution in [3.05, 3.63) is 48.3 Å². The summed E-state index contributed by atoms with van der Waals surface area (Å²) in [5.74, 6) is 0.178.